The number of carbonyl (C=O) groups excluding carboxylic acids is 2. The van der Waals surface area contributed by atoms with E-state index >= 15 is 0 Å². The summed E-state index contributed by atoms with van der Waals surface area (Å²) in [6.07, 6.45) is 0.945. The van der Waals surface area contributed by atoms with E-state index in [1.54, 1.807) is 25.2 Å². The molecule has 0 bridgehead atoms. The molecule has 2 amide bonds. The van der Waals surface area contributed by atoms with E-state index in [-0.39, 0.29) is 11.8 Å². The van der Waals surface area contributed by atoms with E-state index in [0.29, 0.717) is 28.6 Å². The molecule has 1 aliphatic rings. The van der Waals surface area contributed by atoms with Crippen LogP contribution >= 0.6 is 23.2 Å². The van der Waals surface area contributed by atoms with Crippen LogP contribution in [0.2, 0.25) is 10.0 Å². The number of halogens is 2. The molecule has 1 aliphatic heterocycles. The number of hydrogen-bond acceptors (Lipinski definition) is 2. The molecular formula is C12H12Cl2N2O2. The zero-order chi connectivity index (χ0) is 13.3. The van der Waals surface area contributed by atoms with Crippen molar-refractivity contribution >= 4 is 40.7 Å². The zero-order valence-electron chi connectivity index (χ0n) is 9.74. The van der Waals surface area contributed by atoms with Crippen LogP contribution in [-0.4, -0.2) is 29.8 Å². The molecule has 0 spiro atoms. The SMILES string of the molecule is CN1C(=O)CCC1C(=O)Nc1cc(Cl)cc(Cl)c1. The van der Waals surface area contributed by atoms with Gasteiger partial charge in [0.25, 0.3) is 0 Å². The highest BCUT2D eigenvalue weighted by Crippen LogP contribution is 2.24. The van der Waals surface area contributed by atoms with Crippen molar-refractivity contribution in [1.82, 2.24) is 4.90 Å². The van der Waals surface area contributed by atoms with Gasteiger partial charge in [0.05, 0.1) is 0 Å². The van der Waals surface area contributed by atoms with Gasteiger partial charge in [-0.2, -0.15) is 0 Å². The van der Waals surface area contributed by atoms with Gasteiger partial charge in [0.1, 0.15) is 6.04 Å². The second-order valence-electron chi connectivity index (χ2n) is 4.21. The average Bonchev–Trinajstić information content (AvgIpc) is 2.58. The first kappa shape index (κ1) is 13.2. The number of benzene rings is 1. The number of carbonyl (C=O) groups is 2. The Balaban J connectivity index is 2.09. The molecule has 0 aliphatic carbocycles. The van der Waals surface area contributed by atoms with Gasteiger partial charge in [0, 0.05) is 29.2 Å². The first-order valence-corrected chi connectivity index (χ1v) is 6.25. The van der Waals surface area contributed by atoms with Gasteiger partial charge in [-0.3, -0.25) is 9.59 Å². The Morgan fingerprint density at radius 2 is 1.94 bits per heavy atom. The Morgan fingerprint density at radius 3 is 2.44 bits per heavy atom. The van der Waals surface area contributed by atoms with Gasteiger partial charge in [-0.15, -0.1) is 0 Å². The molecule has 0 radical (unpaired) electrons. The van der Waals surface area contributed by atoms with Crippen molar-refractivity contribution < 1.29 is 9.59 Å². The van der Waals surface area contributed by atoms with Crippen LogP contribution in [0.15, 0.2) is 18.2 Å². The summed E-state index contributed by atoms with van der Waals surface area (Å²) >= 11 is 11.7. The third-order valence-electron chi connectivity index (χ3n) is 2.93. The summed E-state index contributed by atoms with van der Waals surface area (Å²) in [6, 6.07) is 4.39. The van der Waals surface area contributed by atoms with Crippen molar-refractivity contribution in [1.29, 1.82) is 0 Å². The number of likely N-dealkylation sites (tertiary alicyclic amines) is 1. The highest BCUT2D eigenvalue weighted by Gasteiger charge is 2.33. The minimum Gasteiger partial charge on any atom is -0.334 e. The highest BCUT2D eigenvalue weighted by molar-refractivity contribution is 6.35. The van der Waals surface area contributed by atoms with Gasteiger partial charge in [-0.05, 0) is 24.6 Å². The summed E-state index contributed by atoms with van der Waals surface area (Å²) in [5.74, 6) is -0.235. The molecule has 1 atom stereocenters. The molecule has 0 aromatic heterocycles. The molecule has 1 N–H and O–H groups in total. The van der Waals surface area contributed by atoms with E-state index in [2.05, 4.69) is 5.32 Å². The van der Waals surface area contributed by atoms with Gasteiger partial charge >= 0.3 is 0 Å². The molecule has 4 nitrogen and oxygen atoms in total. The summed E-state index contributed by atoms with van der Waals surface area (Å²) < 4.78 is 0. The van der Waals surface area contributed by atoms with Crippen molar-refractivity contribution in [2.45, 2.75) is 18.9 Å². The zero-order valence-corrected chi connectivity index (χ0v) is 11.3. The van der Waals surface area contributed by atoms with Crippen LogP contribution in [-0.2, 0) is 9.59 Å². The molecule has 1 aromatic carbocycles. The molecule has 6 heteroatoms. The first-order valence-electron chi connectivity index (χ1n) is 5.50. The van der Waals surface area contributed by atoms with Crippen molar-refractivity contribution in [3.05, 3.63) is 28.2 Å². The Hall–Kier alpha value is -1.26. The van der Waals surface area contributed by atoms with E-state index in [1.807, 2.05) is 0 Å². The number of likely N-dealkylation sites (N-methyl/N-ethyl adjacent to an activating group) is 1. The van der Waals surface area contributed by atoms with E-state index in [1.165, 1.54) is 4.90 Å². The smallest absolute Gasteiger partial charge is 0.247 e. The predicted molar refractivity (Wildman–Crippen MR) is 70.9 cm³/mol. The summed E-state index contributed by atoms with van der Waals surface area (Å²) in [6.45, 7) is 0. The number of amides is 2. The maximum absolute atomic E-state index is 12.0. The highest BCUT2D eigenvalue weighted by atomic mass is 35.5. The summed E-state index contributed by atoms with van der Waals surface area (Å²) in [7, 11) is 1.63. The van der Waals surface area contributed by atoms with Gasteiger partial charge < -0.3 is 10.2 Å². The number of anilines is 1. The molecule has 1 aromatic rings. The monoisotopic (exact) mass is 286 g/mol. The predicted octanol–water partition coefficient (Wildman–Crippen LogP) is 2.55. The van der Waals surface area contributed by atoms with Gasteiger partial charge in [-0.1, -0.05) is 23.2 Å². The van der Waals surface area contributed by atoms with Crippen LogP contribution in [0.25, 0.3) is 0 Å². The lowest BCUT2D eigenvalue weighted by molar-refractivity contribution is -0.131. The summed E-state index contributed by atoms with van der Waals surface area (Å²) in [4.78, 5) is 24.8. The van der Waals surface area contributed by atoms with E-state index in [0.717, 1.165) is 0 Å². The normalized spacial score (nSPS) is 19.2. The molecule has 0 saturated carbocycles. The van der Waals surface area contributed by atoms with Crippen molar-refractivity contribution in [3.8, 4) is 0 Å². The van der Waals surface area contributed by atoms with Crippen molar-refractivity contribution in [2.75, 3.05) is 12.4 Å². The van der Waals surface area contributed by atoms with Crippen LogP contribution < -0.4 is 5.32 Å². The third kappa shape index (κ3) is 2.76. The standard InChI is InChI=1S/C12H12Cl2N2O2/c1-16-10(2-3-11(16)17)12(18)15-9-5-7(13)4-8(14)6-9/h4-6,10H,2-3H2,1H3,(H,15,18). The van der Waals surface area contributed by atoms with E-state index in [4.69, 9.17) is 23.2 Å². The molecule has 96 valence electrons. The molecule has 1 unspecified atom stereocenters. The fourth-order valence-corrected chi connectivity index (χ4v) is 2.49. The van der Waals surface area contributed by atoms with Crippen LogP contribution in [0, 0.1) is 0 Å². The van der Waals surface area contributed by atoms with E-state index in [9.17, 15) is 9.59 Å². The third-order valence-corrected chi connectivity index (χ3v) is 3.36. The lowest BCUT2D eigenvalue weighted by atomic mass is 10.2. The largest absolute Gasteiger partial charge is 0.334 e. The molecule has 1 heterocycles. The van der Waals surface area contributed by atoms with Crippen LogP contribution in [0.1, 0.15) is 12.8 Å². The average molecular weight is 287 g/mol. The summed E-state index contributed by atoms with van der Waals surface area (Å²) in [5, 5.41) is 3.62. The number of nitrogens with zero attached hydrogens (tertiary/aromatic N) is 1. The second-order valence-corrected chi connectivity index (χ2v) is 5.08. The molecule has 1 saturated heterocycles. The van der Waals surface area contributed by atoms with E-state index < -0.39 is 6.04 Å². The van der Waals surface area contributed by atoms with Crippen molar-refractivity contribution in [3.63, 3.8) is 0 Å². The maximum atomic E-state index is 12.0. The Bertz CT molecular complexity index is 485. The first-order chi connectivity index (χ1) is 8.47. The Labute approximate surface area is 115 Å². The Morgan fingerprint density at radius 1 is 1.33 bits per heavy atom. The quantitative estimate of drug-likeness (QED) is 0.908. The fourth-order valence-electron chi connectivity index (χ4n) is 1.96. The van der Waals surface area contributed by atoms with Gasteiger partial charge in [-0.25, -0.2) is 0 Å². The van der Waals surface area contributed by atoms with Crippen LogP contribution in [0.4, 0.5) is 5.69 Å². The molecule has 1 fully saturated rings. The lowest BCUT2D eigenvalue weighted by Gasteiger charge is -2.19. The van der Waals surface area contributed by atoms with Gasteiger partial charge in [0.15, 0.2) is 0 Å². The topological polar surface area (TPSA) is 49.4 Å². The number of rotatable bonds is 2. The number of hydrogen-bond donors (Lipinski definition) is 1. The maximum Gasteiger partial charge on any atom is 0.247 e. The number of nitrogens with one attached hydrogen (secondary N) is 1. The minimum atomic E-state index is -0.421. The molecule has 2 rings (SSSR count). The second kappa shape index (κ2) is 5.16. The molecule has 18 heavy (non-hydrogen) atoms. The Kier molecular flexibility index (Phi) is 3.78. The van der Waals surface area contributed by atoms with Gasteiger partial charge in [0.2, 0.25) is 11.8 Å². The fraction of sp³-hybridized carbons (Fsp3) is 0.333. The molecular weight excluding hydrogens is 275 g/mol. The van der Waals surface area contributed by atoms with Crippen LogP contribution in [0.3, 0.4) is 0 Å². The minimum absolute atomic E-state index is 0.0146. The van der Waals surface area contributed by atoms with Crippen molar-refractivity contribution in [2.24, 2.45) is 0 Å². The van der Waals surface area contributed by atoms with Crippen LogP contribution in [0.5, 0.6) is 0 Å². The summed E-state index contributed by atoms with van der Waals surface area (Å²) in [5.41, 5.74) is 0.533. The lowest BCUT2D eigenvalue weighted by Crippen LogP contribution is -2.38.